The zero-order chi connectivity index (χ0) is 15.1. The summed E-state index contributed by atoms with van der Waals surface area (Å²) in [4.78, 5) is 12.1. The summed E-state index contributed by atoms with van der Waals surface area (Å²) in [5.41, 5.74) is -1.03. The zero-order valence-corrected chi connectivity index (χ0v) is 13.3. The van der Waals surface area contributed by atoms with Gasteiger partial charge in [0.1, 0.15) is 6.10 Å². The van der Waals surface area contributed by atoms with Crippen molar-refractivity contribution < 1.29 is 19.4 Å². The molecule has 1 aliphatic carbocycles. The number of ether oxygens (including phenoxy) is 2. The topological polar surface area (TPSA) is 55.8 Å². The smallest absolute Gasteiger partial charge is 0.311 e. The Labute approximate surface area is 121 Å². The average molecular weight is 284 g/mol. The van der Waals surface area contributed by atoms with Crippen LogP contribution in [0.4, 0.5) is 0 Å². The molecule has 1 spiro atoms. The molecule has 0 aromatic rings. The molecule has 4 heteroatoms. The van der Waals surface area contributed by atoms with Crippen LogP contribution < -0.4 is 0 Å². The van der Waals surface area contributed by atoms with Gasteiger partial charge in [0, 0.05) is 12.3 Å². The highest BCUT2D eigenvalue weighted by Crippen LogP contribution is 2.47. The molecule has 0 bridgehead atoms. The first-order chi connectivity index (χ1) is 9.14. The van der Waals surface area contributed by atoms with Gasteiger partial charge in [-0.15, -0.1) is 0 Å². The van der Waals surface area contributed by atoms with Gasteiger partial charge in [-0.2, -0.15) is 0 Å². The molecule has 1 heterocycles. The lowest BCUT2D eigenvalue weighted by Gasteiger charge is -2.51. The van der Waals surface area contributed by atoms with Crippen molar-refractivity contribution in [2.75, 3.05) is 0 Å². The SMILES string of the molecule is CC(C)[C@@H]1CC[C@@H](C)C[C@@]12OC(=O)C[C@@H](C(C)(C)O)O2. The van der Waals surface area contributed by atoms with E-state index in [9.17, 15) is 9.90 Å². The van der Waals surface area contributed by atoms with Crippen LogP contribution in [0, 0.1) is 17.8 Å². The zero-order valence-electron chi connectivity index (χ0n) is 13.3. The summed E-state index contributed by atoms with van der Waals surface area (Å²) < 4.78 is 11.9. The summed E-state index contributed by atoms with van der Waals surface area (Å²) in [6.07, 6.45) is 2.51. The molecule has 4 atom stereocenters. The molecule has 1 aliphatic heterocycles. The van der Waals surface area contributed by atoms with Gasteiger partial charge < -0.3 is 14.6 Å². The summed E-state index contributed by atoms with van der Waals surface area (Å²) >= 11 is 0. The molecule has 4 nitrogen and oxygen atoms in total. The molecule has 1 saturated carbocycles. The molecule has 0 radical (unpaired) electrons. The predicted molar refractivity (Wildman–Crippen MR) is 76.0 cm³/mol. The van der Waals surface area contributed by atoms with E-state index in [1.165, 1.54) is 0 Å². The minimum atomic E-state index is -1.03. The number of esters is 1. The van der Waals surface area contributed by atoms with E-state index >= 15 is 0 Å². The van der Waals surface area contributed by atoms with Crippen LogP contribution in [0.3, 0.4) is 0 Å². The average Bonchev–Trinajstić information content (AvgIpc) is 2.25. The van der Waals surface area contributed by atoms with Crippen molar-refractivity contribution in [3.05, 3.63) is 0 Å². The fourth-order valence-corrected chi connectivity index (χ4v) is 3.60. The fraction of sp³-hybridized carbons (Fsp3) is 0.938. The molecule has 2 rings (SSSR count). The van der Waals surface area contributed by atoms with Crippen LogP contribution in [0.2, 0.25) is 0 Å². The second-order valence-electron chi connectivity index (χ2n) is 7.49. The van der Waals surface area contributed by atoms with Gasteiger partial charge in [0.15, 0.2) is 0 Å². The van der Waals surface area contributed by atoms with E-state index in [0.29, 0.717) is 11.8 Å². The first kappa shape index (κ1) is 15.8. The molecule has 0 amide bonds. The Kier molecular flexibility index (Phi) is 4.18. The van der Waals surface area contributed by atoms with Crippen molar-refractivity contribution in [2.45, 2.75) is 77.8 Å². The van der Waals surface area contributed by atoms with Crippen molar-refractivity contribution >= 4 is 5.97 Å². The van der Waals surface area contributed by atoms with Crippen molar-refractivity contribution in [2.24, 2.45) is 17.8 Å². The van der Waals surface area contributed by atoms with Crippen LogP contribution >= 0.6 is 0 Å². The lowest BCUT2D eigenvalue weighted by atomic mass is 9.72. The first-order valence-electron chi connectivity index (χ1n) is 7.76. The second kappa shape index (κ2) is 5.30. The first-order valence-corrected chi connectivity index (χ1v) is 7.76. The lowest BCUT2D eigenvalue weighted by molar-refractivity contribution is -0.333. The van der Waals surface area contributed by atoms with Crippen molar-refractivity contribution in [1.29, 1.82) is 0 Å². The van der Waals surface area contributed by atoms with Gasteiger partial charge in [-0.25, -0.2) is 0 Å². The highest BCUT2D eigenvalue weighted by Gasteiger charge is 2.54. The van der Waals surface area contributed by atoms with Gasteiger partial charge in [-0.3, -0.25) is 4.79 Å². The van der Waals surface area contributed by atoms with Gasteiger partial charge in [0.25, 0.3) is 0 Å². The van der Waals surface area contributed by atoms with Crippen molar-refractivity contribution in [3.63, 3.8) is 0 Å². The Morgan fingerprint density at radius 2 is 2.00 bits per heavy atom. The van der Waals surface area contributed by atoms with E-state index in [1.54, 1.807) is 13.8 Å². The second-order valence-corrected chi connectivity index (χ2v) is 7.49. The third-order valence-corrected chi connectivity index (χ3v) is 4.74. The van der Waals surface area contributed by atoms with Crippen LogP contribution in [-0.2, 0) is 14.3 Å². The number of aliphatic hydroxyl groups is 1. The number of carbonyl (C=O) groups excluding carboxylic acids is 1. The Morgan fingerprint density at radius 3 is 2.55 bits per heavy atom. The highest BCUT2D eigenvalue weighted by atomic mass is 16.7. The quantitative estimate of drug-likeness (QED) is 0.792. The minimum Gasteiger partial charge on any atom is -0.433 e. The molecule has 1 saturated heterocycles. The summed E-state index contributed by atoms with van der Waals surface area (Å²) in [5, 5.41) is 10.2. The molecule has 20 heavy (non-hydrogen) atoms. The summed E-state index contributed by atoms with van der Waals surface area (Å²) in [5.74, 6) is -0.0311. The van der Waals surface area contributed by atoms with Crippen LogP contribution in [0.5, 0.6) is 0 Å². The Morgan fingerprint density at radius 1 is 1.35 bits per heavy atom. The highest BCUT2D eigenvalue weighted by molar-refractivity contribution is 5.71. The normalized spacial score (nSPS) is 39.1. The van der Waals surface area contributed by atoms with Gasteiger partial charge in [0.2, 0.25) is 5.79 Å². The molecule has 2 aliphatic rings. The molecule has 0 aromatic carbocycles. The molecule has 2 fully saturated rings. The third-order valence-electron chi connectivity index (χ3n) is 4.74. The molecular weight excluding hydrogens is 256 g/mol. The Balaban J connectivity index is 2.30. The largest absolute Gasteiger partial charge is 0.433 e. The van der Waals surface area contributed by atoms with E-state index in [1.807, 2.05) is 0 Å². The lowest BCUT2D eigenvalue weighted by Crippen LogP contribution is -2.59. The van der Waals surface area contributed by atoms with E-state index in [2.05, 4.69) is 20.8 Å². The van der Waals surface area contributed by atoms with Gasteiger partial charge >= 0.3 is 5.97 Å². The fourth-order valence-electron chi connectivity index (χ4n) is 3.60. The minimum absolute atomic E-state index is 0.129. The number of hydrogen-bond donors (Lipinski definition) is 1. The van der Waals surface area contributed by atoms with Gasteiger partial charge in [-0.1, -0.05) is 20.8 Å². The van der Waals surface area contributed by atoms with Crippen LogP contribution in [0.1, 0.15) is 60.3 Å². The Bertz CT molecular complexity index is 371. The van der Waals surface area contributed by atoms with E-state index < -0.39 is 17.5 Å². The number of hydrogen-bond acceptors (Lipinski definition) is 4. The molecular formula is C16H28O4. The third kappa shape index (κ3) is 3.01. The van der Waals surface area contributed by atoms with Gasteiger partial charge in [-0.05, 0) is 38.5 Å². The molecule has 116 valence electrons. The Hall–Kier alpha value is -0.610. The number of carbonyl (C=O) groups is 1. The van der Waals surface area contributed by atoms with Crippen molar-refractivity contribution in [1.82, 2.24) is 0 Å². The van der Waals surface area contributed by atoms with Gasteiger partial charge in [0.05, 0.1) is 12.0 Å². The summed E-state index contributed by atoms with van der Waals surface area (Å²) in [6.45, 7) is 9.85. The maximum absolute atomic E-state index is 12.1. The van der Waals surface area contributed by atoms with E-state index in [-0.39, 0.29) is 18.3 Å². The maximum Gasteiger partial charge on any atom is 0.311 e. The maximum atomic E-state index is 12.1. The molecule has 1 N–H and O–H groups in total. The monoisotopic (exact) mass is 284 g/mol. The summed E-state index contributed by atoms with van der Waals surface area (Å²) in [6, 6.07) is 0. The predicted octanol–water partition coefficient (Wildman–Crippen LogP) is 2.88. The number of rotatable bonds is 2. The van der Waals surface area contributed by atoms with Crippen LogP contribution in [0.15, 0.2) is 0 Å². The van der Waals surface area contributed by atoms with Crippen molar-refractivity contribution in [3.8, 4) is 0 Å². The van der Waals surface area contributed by atoms with E-state index in [4.69, 9.17) is 9.47 Å². The standard InChI is InChI=1S/C16H28O4/c1-10(2)12-7-6-11(3)9-16(12)19-13(15(4,5)18)8-14(17)20-16/h10-13,18H,6-9H2,1-5H3/t11-,12+,13+,16-/m1/s1. The molecule has 0 unspecified atom stereocenters. The summed E-state index contributed by atoms with van der Waals surface area (Å²) in [7, 11) is 0. The molecule has 0 aromatic heterocycles. The van der Waals surface area contributed by atoms with Crippen LogP contribution in [-0.4, -0.2) is 28.6 Å². The van der Waals surface area contributed by atoms with Crippen LogP contribution in [0.25, 0.3) is 0 Å². The van der Waals surface area contributed by atoms with E-state index in [0.717, 1.165) is 19.3 Å².